The predicted octanol–water partition coefficient (Wildman–Crippen LogP) is 5.23. The van der Waals surface area contributed by atoms with E-state index in [1.54, 1.807) is 49.6 Å². The molecule has 3 aromatic rings. The molecule has 0 aromatic heterocycles. The molecule has 0 radical (unpaired) electrons. The predicted molar refractivity (Wildman–Crippen MR) is 146 cm³/mol. The molecule has 7 nitrogen and oxygen atoms in total. The highest BCUT2D eigenvalue weighted by molar-refractivity contribution is 9.10. The minimum atomic E-state index is -0.335. The number of carbonyl (C=O) groups excluding carboxylic acids is 2. The molecule has 0 aliphatic carbocycles. The van der Waals surface area contributed by atoms with Gasteiger partial charge in [-0.1, -0.05) is 46.3 Å². The quantitative estimate of drug-likeness (QED) is 0.338. The van der Waals surface area contributed by atoms with E-state index in [2.05, 4.69) is 31.9 Å². The average Bonchev–Trinajstić information content (AvgIpc) is 3.37. The van der Waals surface area contributed by atoms with Crippen molar-refractivity contribution in [1.29, 1.82) is 0 Å². The van der Waals surface area contributed by atoms with Crippen molar-refractivity contribution >= 4 is 50.8 Å². The van der Waals surface area contributed by atoms with Gasteiger partial charge in [-0.05, 0) is 73.1 Å². The summed E-state index contributed by atoms with van der Waals surface area (Å²) in [5.74, 6) is 0.190. The first kappa shape index (κ1) is 25.8. The minimum absolute atomic E-state index is 0.0301. The first-order valence-electron chi connectivity index (χ1n) is 11.5. The van der Waals surface area contributed by atoms with Gasteiger partial charge in [0.2, 0.25) is 0 Å². The molecule has 2 atom stereocenters. The van der Waals surface area contributed by atoms with Crippen molar-refractivity contribution in [3.05, 3.63) is 94.0 Å². The van der Waals surface area contributed by atoms with E-state index >= 15 is 0 Å². The molecule has 1 saturated heterocycles. The van der Waals surface area contributed by atoms with E-state index in [1.165, 1.54) is 0 Å². The molecule has 3 N–H and O–H groups in total. The molecule has 2 amide bonds. The number of ether oxygens (including phenoxy) is 2. The van der Waals surface area contributed by atoms with Crippen LogP contribution in [0.4, 0.5) is 5.69 Å². The van der Waals surface area contributed by atoms with Gasteiger partial charge in [-0.15, -0.1) is 0 Å². The van der Waals surface area contributed by atoms with Crippen LogP contribution in [0.25, 0.3) is 0 Å². The van der Waals surface area contributed by atoms with Crippen molar-refractivity contribution in [2.45, 2.75) is 25.0 Å². The molecule has 0 spiro atoms. The maximum Gasteiger partial charge on any atom is 0.257 e. The Bertz CT molecular complexity index is 1250. The average molecular weight is 568 g/mol. The zero-order valence-corrected chi connectivity index (χ0v) is 22.0. The van der Waals surface area contributed by atoms with Gasteiger partial charge in [0, 0.05) is 16.6 Å². The molecule has 1 aliphatic rings. The van der Waals surface area contributed by atoms with Gasteiger partial charge >= 0.3 is 0 Å². The third kappa shape index (κ3) is 6.69. The monoisotopic (exact) mass is 567 g/mol. The van der Waals surface area contributed by atoms with Crippen LogP contribution in [-0.4, -0.2) is 36.7 Å². The lowest BCUT2D eigenvalue weighted by Crippen LogP contribution is -2.36. The minimum Gasteiger partial charge on any atom is -0.497 e. The van der Waals surface area contributed by atoms with Crippen molar-refractivity contribution in [1.82, 2.24) is 10.6 Å². The number of anilines is 1. The first-order chi connectivity index (χ1) is 17.4. The molecule has 1 fully saturated rings. The molecule has 0 bridgehead atoms. The summed E-state index contributed by atoms with van der Waals surface area (Å²) in [6.07, 6.45) is 1.58. The summed E-state index contributed by atoms with van der Waals surface area (Å²) in [6, 6.07) is 21.8. The maximum atomic E-state index is 13.0. The number of methoxy groups -OCH3 is 1. The lowest BCUT2D eigenvalue weighted by atomic mass is 10.1. The van der Waals surface area contributed by atoms with E-state index in [-0.39, 0.29) is 29.1 Å². The van der Waals surface area contributed by atoms with Crippen LogP contribution in [0, 0.1) is 0 Å². The van der Waals surface area contributed by atoms with Crippen LogP contribution >= 0.6 is 28.1 Å². The van der Waals surface area contributed by atoms with Crippen LogP contribution in [0.3, 0.4) is 0 Å². The van der Waals surface area contributed by atoms with Crippen molar-refractivity contribution in [2.24, 2.45) is 0 Å². The Labute approximate surface area is 223 Å². The molecule has 1 heterocycles. The summed E-state index contributed by atoms with van der Waals surface area (Å²) < 4.78 is 12.2. The highest BCUT2D eigenvalue weighted by Gasteiger charge is 2.27. The topological polar surface area (TPSA) is 88.7 Å². The summed E-state index contributed by atoms with van der Waals surface area (Å²) >= 11 is 8.74. The smallest absolute Gasteiger partial charge is 0.257 e. The van der Waals surface area contributed by atoms with Crippen LogP contribution < -0.4 is 20.7 Å². The van der Waals surface area contributed by atoms with Crippen LogP contribution in [0.5, 0.6) is 5.75 Å². The van der Waals surface area contributed by atoms with Crippen LogP contribution in [-0.2, 0) is 4.74 Å². The number of carbonyl (C=O) groups is 2. The molecule has 1 aliphatic heterocycles. The molecule has 4 rings (SSSR count). The fraction of sp³-hybridized carbons (Fsp3) is 0.222. The summed E-state index contributed by atoms with van der Waals surface area (Å²) in [5.41, 5.74) is 2.42. The number of halogens is 1. The van der Waals surface area contributed by atoms with Crippen LogP contribution in [0.1, 0.15) is 45.2 Å². The van der Waals surface area contributed by atoms with Gasteiger partial charge < -0.3 is 20.1 Å². The lowest BCUT2D eigenvalue weighted by molar-refractivity contribution is 0.0435. The van der Waals surface area contributed by atoms with E-state index in [4.69, 9.17) is 21.7 Å². The molecule has 2 unspecified atom stereocenters. The van der Waals surface area contributed by atoms with Crippen molar-refractivity contribution in [2.75, 3.05) is 19.0 Å². The number of thiocarbonyl (C=S) groups is 1. The van der Waals surface area contributed by atoms with Crippen LogP contribution in [0.2, 0.25) is 0 Å². The normalized spacial score (nSPS) is 16.7. The van der Waals surface area contributed by atoms with E-state index in [1.807, 2.05) is 30.3 Å². The number of benzene rings is 3. The number of rotatable bonds is 7. The Morgan fingerprint density at radius 2 is 1.83 bits per heavy atom. The second kappa shape index (κ2) is 12.1. The van der Waals surface area contributed by atoms with Gasteiger partial charge in [0.05, 0.1) is 30.6 Å². The van der Waals surface area contributed by atoms with Gasteiger partial charge in [-0.2, -0.15) is 0 Å². The molecule has 186 valence electrons. The number of hydrogen-bond donors (Lipinski definition) is 3. The van der Waals surface area contributed by atoms with Gasteiger partial charge in [0.1, 0.15) is 5.75 Å². The van der Waals surface area contributed by atoms with E-state index in [0.29, 0.717) is 23.4 Å². The third-order valence-corrected chi connectivity index (χ3v) is 6.50. The molecule has 0 saturated carbocycles. The van der Waals surface area contributed by atoms with Crippen LogP contribution in [0.15, 0.2) is 77.3 Å². The van der Waals surface area contributed by atoms with Gasteiger partial charge in [0.25, 0.3) is 11.8 Å². The maximum absolute atomic E-state index is 13.0. The SMILES string of the molecule is COc1cccc(C2CCC(CNC(=O)c3ccc(Br)cc3NC(=S)NC(=O)c3ccccc3)O2)c1. The highest BCUT2D eigenvalue weighted by atomic mass is 79.9. The molecule has 9 heteroatoms. The number of amides is 2. The zero-order chi connectivity index (χ0) is 25.5. The van der Waals surface area contributed by atoms with Gasteiger partial charge in [0.15, 0.2) is 5.11 Å². The van der Waals surface area contributed by atoms with Gasteiger partial charge in [-0.3, -0.25) is 14.9 Å². The summed E-state index contributed by atoms with van der Waals surface area (Å²) in [6.45, 7) is 0.379. The number of nitrogens with one attached hydrogen (secondary N) is 3. The Hall–Kier alpha value is -3.27. The molecular weight excluding hydrogens is 542 g/mol. The van der Waals surface area contributed by atoms with E-state index < -0.39 is 0 Å². The zero-order valence-electron chi connectivity index (χ0n) is 19.6. The summed E-state index contributed by atoms with van der Waals surface area (Å²) in [5, 5.41) is 8.66. The second-order valence-corrected chi connectivity index (χ2v) is 9.60. The van der Waals surface area contributed by atoms with E-state index in [0.717, 1.165) is 28.6 Å². The second-order valence-electron chi connectivity index (χ2n) is 8.27. The summed E-state index contributed by atoms with van der Waals surface area (Å²) in [4.78, 5) is 25.4. The van der Waals surface area contributed by atoms with Crippen molar-refractivity contribution in [3.63, 3.8) is 0 Å². The Morgan fingerprint density at radius 1 is 1.03 bits per heavy atom. The Morgan fingerprint density at radius 3 is 2.61 bits per heavy atom. The standard InChI is InChI=1S/C27H26BrN3O4S/c1-34-20-9-5-8-18(14-20)24-13-11-21(35-24)16-29-26(33)22-12-10-19(28)15-23(22)30-27(36)31-25(32)17-6-3-2-4-7-17/h2-10,12,14-15,21,24H,11,13,16H2,1H3,(H,29,33)(H2,30,31,32,36). The summed E-state index contributed by atoms with van der Waals surface area (Å²) in [7, 11) is 1.64. The largest absolute Gasteiger partial charge is 0.497 e. The van der Waals surface area contributed by atoms with Gasteiger partial charge in [-0.25, -0.2) is 0 Å². The fourth-order valence-electron chi connectivity index (χ4n) is 3.98. The van der Waals surface area contributed by atoms with Crippen molar-refractivity contribution in [3.8, 4) is 5.75 Å². The first-order valence-corrected chi connectivity index (χ1v) is 12.7. The number of hydrogen-bond acceptors (Lipinski definition) is 5. The molecule has 3 aromatic carbocycles. The Kier molecular flexibility index (Phi) is 8.69. The van der Waals surface area contributed by atoms with E-state index in [9.17, 15) is 9.59 Å². The molecule has 36 heavy (non-hydrogen) atoms. The van der Waals surface area contributed by atoms with Crippen molar-refractivity contribution < 1.29 is 19.1 Å². The highest BCUT2D eigenvalue weighted by Crippen LogP contribution is 2.34. The third-order valence-electron chi connectivity index (χ3n) is 5.80. The lowest BCUT2D eigenvalue weighted by Gasteiger charge is -2.17. The molecular formula is C27H26BrN3O4S. The Balaban J connectivity index is 1.35. The fourth-order valence-corrected chi connectivity index (χ4v) is 4.54.